The third kappa shape index (κ3) is 51.3. The molecule has 0 fully saturated rings. The Morgan fingerprint density at radius 1 is 0.333 bits per heavy atom. The zero-order valence-electron chi connectivity index (χ0n) is 42.9. The zero-order chi connectivity index (χ0) is 47.9. The molecule has 0 heterocycles. The molecule has 0 aliphatic carbocycles. The molecule has 1 atom stereocenters. The molecule has 0 spiro atoms. The number of ether oxygens (including phenoxy) is 3. The number of unbranched alkanes of at least 4 members (excludes halogenated alkanes) is 23. The quantitative estimate of drug-likeness (QED) is 0.0199. The normalized spacial score (nSPS) is 12.8. The molecule has 0 aromatic carbocycles. The Labute approximate surface area is 407 Å². The van der Waals surface area contributed by atoms with Crippen LogP contribution in [-0.4, -0.2) is 37.2 Å². The molecule has 6 heteroatoms. The average molecular weight is 917 g/mol. The predicted molar refractivity (Wildman–Crippen MR) is 284 cm³/mol. The molecule has 0 aromatic heterocycles. The van der Waals surface area contributed by atoms with Crippen LogP contribution < -0.4 is 0 Å². The lowest BCUT2D eigenvalue weighted by atomic mass is 10.0. The molecule has 0 bridgehead atoms. The fourth-order valence-electron chi connectivity index (χ4n) is 7.32. The molecule has 0 saturated carbocycles. The van der Waals surface area contributed by atoms with Gasteiger partial charge in [0, 0.05) is 19.3 Å². The highest BCUT2D eigenvalue weighted by atomic mass is 16.6. The maximum absolute atomic E-state index is 12.8. The summed E-state index contributed by atoms with van der Waals surface area (Å²) in [6.07, 6.45) is 71.1. The molecule has 0 amide bonds. The second-order valence-corrected chi connectivity index (χ2v) is 17.8. The molecule has 6 nitrogen and oxygen atoms in total. The largest absolute Gasteiger partial charge is 0.462 e. The molecule has 0 radical (unpaired) electrons. The van der Waals surface area contributed by atoms with Gasteiger partial charge in [-0.3, -0.25) is 14.4 Å². The van der Waals surface area contributed by atoms with Gasteiger partial charge in [-0.2, -0.15) is 0 Å². The van der Waals surface area contributed by atoms with Crippen molar-refractivity contribution in [2.45, 2.75) is 252 Å². The number of esters is 3. The van der Waals surface area contributed by atoms with Crippen molar-refractivity contribution in [2.24, 2.45) is 0 Å². The van der Waals surface area contributed by atoms with E-state index >= 15 is 0 Å². The maximum atomic E-state index is 12.8. The number of rotatable bonds is 48. The van der Waals surface area contributed by atoms with E-state index in [2.05, 4.69) is 106 Å². The van der Waals surface area contributed by atoms with E-state index < -0.39 is 12.1 Å². The van der Waals surface area contributed by atoms with Crippen molar-refractivity contribution >= 4 is 17.9 Å². The van der Waals surface area contributed by atoms with Crippen molar-refractivity contribution in [1.82, 2.24) is 0 Å². The first-order valence-corrected chi connectivity index (χ1v) is 27.3. The minimum Gasteiger partial charge on any atom is -0.462 e. The van der Waals surface area contributed by atoms with Gasteiger partial charge in [0.15, 0.2) is 6.10 Å². The Hall–Kier alpha value is -3.67. The van der Waals surface area contributed by atoms with Gasteiger partial charge in [0.25, 0.3) is 0 Å². The lowest BCUT2D eigenvalue weighted by molar-refractivity contribution is -0.166. The minimum atomic E-state index is -0.825. The molecule has 0 aliphatic heterocycles. The number of carbonyl (C=O) groups is 3. The van der Waals surface area contributed by atoms with Crippen molar-refractivity contribution in [3.8, 4) is 0 Å². The van der Waals surface area contributed by atoms with Crippen molar-refractivity contribution < 1.29 is 28.6 Å². The molecule has 0 aromatic rings. The average Bonchev–Trinajstić information content (AvgIpc) is 3.31. The standard InChI is InChI=1S/C60H100O6/c1-4-7-10-13-16-19-22-25-28-30-31-33-35-38-41-44-47-50-53-59(62)65-56-57(55-64-58(61)52-49-46-43-40-37-34-27-24-21-18-15-12-9-6-3)66-60(63)54-51-48-45-42-39-36-32-29-26-23-20-17-14-11-8-5-2/h8,11,17,20,22,25-26,28-31,33,36,39,45,48,57H,4-7,9-10,12-16,18-19,21,23-24,27,32,34-35,37-38,40-44,46-47,49-56H2,1-3H3/b11-8-,20-17-,25-22-,29-26-,30-28-,33-31-,39-36-,48-45-. The first kappa shape index (κ1) is 62.3. The van der Waals surface area contributed by atoms with Crippen LogP contribution in [0.25, 0.3) is 0 Å². The summed E-state index contributed by atoms with van der Waals surface area (Å²) in [4.78, 5) is 38.0. The van der Waals surface area contributed by atoms with E-state index in [1.807, 2.05) is 12.2 Å². The molecule has 376 valence electrons. The smallest absolute Gasteiger partial charge is 0.306 e. The summed E-state index contributed by atoms with van der Waals surface area (Å²) in [6, 6.07) is 0. The maximum Gasteiger partial charge on any atom is 0.306 e. The summed E-state index contributed by atoms with van der Waals surface area (Å²) in [6.45, 7) is 6.43. The van der Waals surface area contributed by atoms with Gasteiger partial charge in [-0.05, 0) is 77.0 Å². The Balaban J connectivity index is 4.53. The van der Waals surface area contributed by atoms with Gasteiger partial charge < -0.3 is 14.2 Å². The molecule has 66 heavy (non-hydrogen) atoms. The van der Waals surface area contributed by atoms with E-state index in [1.165, 1.54) is 103 Å². The van der Waals surface area contributed by atoms with Gasteiger partial charge in [-0.25, -0.2) is 0 Å². The van der Waals surface area contributed by atoms with Gasteiger partial charge in [-0.15, -0.1) is 0 Å². The van der Waals surface area contributed by atoms with Gasteiger partial charge in [0.1, 0.15) is 13.2 Å². The lowest BCUT2D eigenvalue weighted by Crippen LogP contribution is -2.30. The van der Waals surface area contributed by atoms with Gasteiger partial charge in [0.05, 0.1) is 0 Å². The summed E-state index contributed by atoms with van der Waals surface area (Å²) in [5, 5.41) is 0. The van der Waals surface area contributed by atoms with Gasteiger partial charge in [0.2, 0.25) is 0 Å². The third-order valence-corrected chi connectivity index (χ3v) is 11.4. The highest BCUT2D eigenvalue weighted by Crippen LogP contribution is 2.15. The molecule has 0 aliphatic rings. The van der Waals surface area contributed by atoms with Crippen LogP contribution in [0.1, 0.15) is 245 Å². The van der Waals surface area contributed by atoms with Crippen LogP contribution in [-0.2, 0) is 28.6 Å². The molecular formula is C60H100O6. The van der Waals surface area contributed by atoms with Gasteiger partial charge in [-0.1, -0.05) is 246 Å². The Morgan fingerprint density at radius 3 is 1.08 bits per heavy atom. The Morgan fingerprint density at radius 2 is 0.682 bits per heavy atom. The number of hydrogen-bond acceptors (Lipinski definition) is 6. The first-order valence-electron chi connectivity index (χ1n) is 27.3. The summed E-state index contributed by atoms with van der Waals surface area (Å²) < 4.78 is 16.7. The fourth-order valence-corrected chi connectivity index (χ4v) is 7.32. The van der Waals surface area contributed by atoms with E-state index in [-0.39, 0.29) is 31.6 Å². The summed E-state index contributed by atoms with van der Waals surface area (Å²) in [7, 11) is 0. The fraction of sp³-hybridized carbons (Fsp3) is 0.683. The van der Waals surface area contributed by atoms with Crippen molar-refractivity contribution in [2.75, 3.05) is 13.2 Å². The SMILES string of the molecule is CC/C=C\C/C=C\C/C=C\C/C=C\C/C=C\CCC(=O)OC(COC(=O)CCCCCCC\C=C/C=C\C=C/CCCCCCC)COC(=O)CCCCCCCCCCCCCCCC. The highest BCUT2D eigenvalue weighted by molar-refractivity contribution is 5.71. The second kappa shape index (κ2) is 53.9. The van der Waals surface area contributed by atoms with Crippen molar-refractivity contribution in [3.05, 3.63) is 97.2 Å². The van der Waals surface area contributed by atoms with E-state index in [0.29, 0.717) is 19.3 Å². The molecule has 0 N–H and O–H groups in total. The minimum absolute atomic E-state index is 0.113. The van der Waals surface area contributed by atoms with Crippen LogP contribution in [0.3, 0.4) is 0 Å². The summed E-state index contributed by atoms with van der Waals surface area (Å²) in [5.74, 6) is -1.02. The van der Waals surface area contributed by atoms with Crippen molar-refractivity contribution in [1.29, 1.82) is 0 Å². The first-order chi connectivity index (χ1) is 32.5. The molecule has 0 saturated heterocycles. The lowest BCUT2D eigenvalue weighted by Gasteiger charge is -2.18. The highest BCUT2D eigenvalue weighted by Gasteiger charge is 2.19. The van der Waals surface area contributed by atoms with Gasteiger partial charge >= 0.3 is 17.9 Å². The third-order valence-electron chi connectivity index (χ3n) is 11.4. The number of allylic oxidation sites excluding steroid dienone is 16. The van der Waals surface area contributed by atoms with Crippen molar-refractivity contribution in [3.63, 3.8) is 0 Å². The Kier molecular flexibility index (Phi) is 50.9. The molecule has 1 unspecified atom stereocenters. The summed E-state index contributed by atoms with van der Waals surface area (Å²) >= 11 is 0. The topological polar surface area (TPSA) is 78.9 Å². The van der Waals surface area contributed by atoms with E-state index in [9.17, 15) is 14.4 Å². The van der Waals surface area contributed by atoms with Crippen LogP contribution >= 0.6 is 0 Å². The number of hydrogen-bond donors (Lipinski definition) is 0. The predicted octanol–water partition coefficient (Wildman–Crippen LogP) is 18.1. The zero-order valence-corrected chi connectivity index (χ0v) is 42.9. The monoisotopic (exact) mass is 917 g/mol. The van der Waals surface area contributed by atoms with Crippen LogP contribution in [0, 0.1) is 0 Å². The summed E-state index contributed by atoms with van der Waals surface area (Å²) in [5.41, 5.74) is 0. The van der Waals surface area contributed by atoms with Crippen LogP contribution in [0.2, 0.25) is 0 Å². The van der Waals surface area contributed by atoms with Crippen LogP contribution in [0.15, 0.2) is 97.2 Å². The second-order valence-electron chi connectivity index (χ2n) is 17.8. The van der Waals surface area contributed by atoms with E-state index in [4.69, 9.17) is 14.2 Å². The molecular weight excluding hydrogens is 817 g/mol. The van der Waals surface area contributed by atoms with Crippen LogP contribution in [0.5, 0.6) is 0 Å². The van der Waals surface area contributed by atoms with E-state index in [1.54, 1.807) is 0 Å². The van der Waals surface area contributed by atoms with Crippen LogP contribution in [0.4, 0.5) is 0 Å². The number of carbonyl (C=O) groups excluding carboxylic acids is 3. The Bertz CT molecular complexity index is 1330. The van der Waals surface area contributed by atoms with E-state index in [0.717, 1.165) is 96.3 Å². The molecule has 0 rings (SSSR count).